The van der Waals surface area contributed by atoms with Gasteiger partial charge >= 0.3 is 0 Å². The fourth-order valence-corrected chi connectivity index (χ4v) is 5.38. The Hall–Kier alpha value is -0.640. The third kappa shape index (κ3) is 3.41. The Kier molecular flexibility index (Phi) is 4.82. The van der Waals surface area contributed by atoms with Crippen LogP contribution in [0.15, 0.2) is 23.6 Å². The van der Waals surface area contributed by atoms with Gasteiger partial charge < -0.3 is 5.32 Å². The lowest BCUT2D eigenvalue weighted by Crippen LogP contribution is -2.27. The summed E-state index contributed by atoms with van der Waals surface area (Å²) in [7, 11) is 0. The molecule has 1 nitrogen and oxygen atoms in total. The van der Waals surface area contributed by atoms with E-state index in [9.17, 15) is 0 Å². The summed E-state index contributed by atoms with van der Waals surface area (Å²) in [6.45, 7) is 6.94. The Morgan fingerprint density at radius 1 is 1.10 bits per heavy atom. The number of thiophene rings is 2. The molecule has 2 heterocycles. The molecule has 21 heavy (non-hydrogen) atoms. The molecule has 0 amide bonds. The fourth-order valence-electron chi connectivity index (χ4n) is 3.15. The maximum absolute atomic E-state index is 3.87. The number of nitrogens with one attached hydrogen (secondary N) is 1. The highest BCUT2D eigenvalue weighted by Crippen LogP contribution is 2.35. The summed E-state index contributed by atoms with van der Waals surface area (Å²) < 4.78 is 0. The molecule has 2 atom stereocenters. The molecule has 1 aliphatic carbocycles. The molecule has 0 radical (unpaired) electrons. The van der Waals surface area contributed by atoms with Crippen LogP contribution < -0.4 is 5.32 Å². The molecule has 1 aliphatic rings. The normalized spacial score (nSPS) is 17.7. The van der Waals surface area contributed by atoms with Crippen molar-refractivity contribution in [3.05, 3.63) is 43.8 Å². The molecular formula is C18H25NS2. The molecule has 2 aromatic rings. The summed E-state index contributed by atoms with van der Waals surface area (Å²) in [6.07, 6.45) is 5.33. The second-order valence-corrected chi connectivity index (χ2v) is 8.58. The zero-order chi connectivity index (χ0) is 14.8. The lowest BCUT2D eigenvalue weighted by molar-refractivity contribution is 0.382. The van der Waals surface area contributed by atoms with Crippen LogP contribution in [0.1, 0.15) is 65.9 Å². The van der Waals surface area contributed by atoms with Crippen molar-refractivity contribution in [2.45, 2.75) is 58.5 Å². The van der Waals surface area contributed by atoms with Crippen LogP contribution in [0.3, 0.4) is 0 Å². The largest absolute Gasteiger partial charge is 0.302 e. The Morgan fingerprint density at radius 2 is 1.90 bits per heavy atom. The quantitative estimate of drug-likeness (QED) is 0.741. The van der Waals surface area contributed by atoms with Crippen molar-refractivity contribution in [3.8, 4) is 0 Å². The van der Waals surface area contributed by atoms with Gasteiger partial charge in [-0.15, -0.1) is 22.7 Å². The minimum atomic E-state index is 0.440. The van der Waals surface area contributed by atoms with E-state index in [0.717, 1.165) is 0 Å². The molecule has 1 N–H and O–H groups in total. The minimum absolute atomic E-state index is 0.440. The molecule has 2 unspecified atom stereocenters. The van der Waals surface area contributed by atoms with E-state index in [1.165, 1.54) is 35.4 Å². The van der Waals surface area contributed by atoms with Gasteiger partial charge in [0.25, 0.3) is 0 Å². The van der Waals surface area contributed by atoms with E-state index >= 15 is 0 Å². The van der Waals surface area contributed by atoms with Gasteiger partial charge in [0, 0.05) is 26.7 Å². The maximum atomic E-state index is 3.87. The minimum Gasteiger partial charge on any atom is -0.302 e. The van der Waals surface area contributed by atoms with E-state index < -0.39 is 0 Å². The summed E-state index contributed by atoms with van der Waals surface area (Å²) >= 11 is 3.90. The van der Waals surface area contributed by atoms with E-state index in [1.807, 2.05) is 22.7 Å². The number of aryl methyl sites for hydroxylation is 2. The van der Waals surface area contributed by atoms with Gasteiger partial charge in [-0.3, -0.25) is 0 Å². The van der Waals surface area contributed by atoms with E-state index in [1.54, 1.807) is 10.4 Å². The number of fused-ring (bicyclic) bond motifs is 1. The first-order chi connectivity index (χ1) is 10.1. The van der Waals surface area contributed by atoms with Crippen LogP contribution in [0, 0.1) is 5.92 Å². The van der Waals surface area contributed by atoms with E-state index in [4.69, 9.17) is 0 Å². The van der Waals surface area contributed by atoms with Gasteiger partial charge in [-0.25, -0.2) is 0 Å². The molecule has 2 aromatic heterocycles. The predicted molar refractivity (Wildman–Crippen MR) is 94.4 cm³/mol. The van der Waals surface area contributed by atoms with Gasteiger partial charge in [-0.1, -0.05) is 19.9 Å². The van der Waals surface area contributed by atoms with Gasteiger partial charge in [0.15, 0.2) is 0 Å². The van der Waals surface area contributed by atoms with Crippen molar-refractivity contribution < 1.29 is 0 Å². The van der Waals surface area contributed by atoms with Crippen molar-refractivity contribution in [1.82, 2.24) is 5.32 Å². The zero-order valence-electron chi connectivity index (χ0n) is 13.2. The summed E-state index contributed by atoms with van der Waals surface area (Å²) in [4.78, 5) is 4.62. The third-order valence-corrected chi connectivity index (χ3v) is 6.76. The molecule has 0 bridgehead atoms. The second-order valence-electron chi connectivity index (χ2n) is 6.43. The van der Waals surface area contributed by atoms with E-state index in [0.29, 0.717) is 18.0 Å². The lowest BCUT2D eigenvalue weighted by atomic mass is 9.98. The lowest BCUT2D eigenvalue weighted by Gasteiger charge is -2.25. The highest BCUT2D eigenvalue weighted by atomic mass is 32.1. The first kappa shape index (κ1) is 15.3. The Bertz CT molecular complexity index is 545. The fraction of sp³-hybridized carbons (Fsp3) is 0.556. The monoisotopic (exact) mass is 319 g/mol. The van der Waals surface area contributed by atoms with Crippen LogP contribution in [-0.4, -0.2) is 0 Å². The maximum Gasteiger partial charge on any atom is 0.0443 e. The van der Waals surface area contributed by atoms with Gasteiger partial charge in [-0.2, -0.15) is 0 Å². The van der Waals surface area contributed by atoms with Crippen LogP contribution in [0.5, 0.6) is 0 Å². The van der Waals surface area contributed by atoms with E-state index in [2.05, 4.69) is 49.7 Å². The van der Waals surface area contributed by atoms with Crippen molar-refractivity contribution in [2.24, 2.45) is 5.92 Å². The van der Waals surface area contributed by atoms with Crippen molar-refractivity contribution in [2.75, 3.05) is 0 Å². The van der Waals surface area contributed by atoms with Crippen LogP contribution in [0.2, 0.25) is 0 Å². The predicted octanol–water partition coefficient (Wildman–Crippen LogP) is 5.74. The summed E-state index contributed by atoms with van der Waals surface area (Å²) in [5, 5.41) is 6.05. The van der Waals surface area contributed by atoms with E-state index in [-0.39, 0.29) is 0 Å². The molecule has 0 aliphatic heterocycles. The molecule has 0 aromatic carbocycles. The average molecular weight is 320 g/mol. The molecule has 114 valence electrons. The summed E-state index contributed by atoms with van der Waals surface area (Å²) in [5.41, 5.74) is 1.62. The molecule has 3 rings (SSSR count). The van der Waals surface area contributed by atoms with Crippen molar-refractivity contribution in [3.63, 3.8) is 0 Å². The van der Waals surface area contributed by atoms with Crippen molar-refractivity contribution in [1.29, 1.82) is 0 Å². The topological polar surface area (TPSA) is 12.0 Å². The molecule has 3 heteroatoms. The Labute approximate surface area is 136 Å². The van der Waals surface area contributed by atoms with Crippen LogP contribution >= 0.6 is 22.7 Å². The van der Waals surface area contributed by atoms with Gasteiger partial charge in [0.2, 0.25) is 0 Å². The highest BCUT2D eigenvalue weighted by Gasteiger charge is 2.22. The van der Waals surface area contributed by atoms with Crippen LogP contribution in [0.4, 0.5) is 0 Å². The van der Waals surface area contributed by atoms with Gasteiger partial charge in [0.05, 0.1) is 0 Å². The molecular weight excluding hydrogens is 294 g/mol. The number of hydrogen-bond acceptors (Lipinski definition) is 3. The summed E-state index contributed by atoms with van der Waals surface area (Å²) in [5.74, 6) is 0.612. The number of rotatable bonds is 5. The summed E-state index contributed by atoms with van der Waals surface area (Å²) in [6, 6.07) is 7.78. The molecule has 0 spiro atoms. The molecule has 0 fully saturated rings. The zero-order valence-corrected chi connectivity index (χ0v) is 14.8. The first-order valence-electron chi connectivity index (χ1n) is 8.06. The third-order valence-electron chi connectivity index (χ3n) is 4.39. The SMILES string of the molecule is CC(NC(c1cccs1)C(C)C)c1cc2c(s1)CCCC2. The van der Waals surface area contributed by atoms with Gasteiger partial charge in [-0.05, 0) is 61.6 Å². The number of hydrogen-bond donors (Lipinski definition) is 1. The Balaban J connectivity index is 1.75. The standard InChI is InChI=1S/C18H25NS2/c1-12(2)18(16-9-6-10-20-16)19-13(3)17-11-14-7-4-5-8-15(14)21-17/h6,9-13,18-19H,4-5,7-8H2,1-3H3. The smallest absolute Gasteiger partial charge is 0.0443 e. The molecule has 0 saturated heterocycles. The Morgan fingerprint density at radius 3 is 2.57 bits per heavy atom. The van der Waals surface area contributed by atoms with Crippen molar-refractivity contribution >= 4 is 22.7 Å². The molecule has 0 saturated carbocycles. The average Bonchev–Trinajstić information content (AvgIpc) is 3.12. The highest BCUT2D eigenvalue weighted by molar-refractivity contribution is 7.12. The van der Waals surface area contributed by atoms with Crippen LogP contribution in [-0.2, 0) is 12.8 Å². The second kappa shape index (κ2) is 6.64. The first-order valence-corrected chi connectivity index (χ1v) is 9.75. The van der Waals surface area contributed by atoms with Crippen LogP contribution in [0.25, 0.3) is 0 Å². The van der Waals surface area contributed by atoms with Gasteiger partial charge in [0.1, 0.15) is 0 Å².